The molecular weight excluding hydrogens is 316 g/mol. The van der Waals surface area contributed by atoms with Crippen molar-refractivity contribution in [1.29, 1.82) is 0 Å². The molecule has 1 atom stereocenters. The molecule has 0 radical (unpaired) electrons. The standard InChI is InChI=1S/C16H17BrN2O/c17-11-13-7-1-2-10-19(13)16(20)14-8-3-5-12-6-4-9-18-15(12)14/h3-6,8-9,13H,1-2,7,10-11H2. The number of hydrogen-bond donors (Lipinski definition) is 0. The van der Waals surface area contributed by atoms with Crippen LogP contribution in [0.25, 0.3) is 10.9 Å². The van der Waals surface area contributed by atoms with Gasteiger partial charge in [-0.2, -0.15) is 0 Å². The van der Waals surface area contributed by atoms with Gasteiger partial charge in [0.15, 0.2) is 0 Å². The van der Waals surface area contributed by atoms with Crippen LogP contribution >= 0.6 is 15.9 Å². The third-order valence-electron chi connectivity index (χ3n) is 3.93. The van der Waals surface area contributed by atoms with Crippen molar-refractivity contribution in [2.75, 3.05) is 11.9 Å². The lowest BCUT2D eigenvalue weighted by Gasteiger charge is -2.35. The Balaban J connectivity index is 1.99. The van der Waals surface area contributed by atoms with Crippen LogP contribution in [0, 0.1) is 0 Å². The average Bonchev–Trinajstić information content (AvgIpc) is 2.53. The Morgan fingerprint density at radius 1 is 1.30 bits per heavy atom. The molecule has 2 aromatic rings. The second kappa shape index (κ2) is 5.92. The predicted molar refractivity (Wildman–Crippen MR) is 84.2 cm³/mol. The zero-order valence-electron chi connectivity index (χ0n) is 11.3. The molecule has 1 aromatic carbocycles. The molecule has 1 amide bonds. The Kier molecular flexibility index (Phi) is 4.01. The van der Waals surface area contributed by atoms with Crippen molar-refractivity contribution in [2.45, 2.75) is 25.3 Å². The van der Waals surface area contributed by atoms with Crippen LogP contribution in [0.4, 0.5) is 0 Å². The number of alkyl halides is 1. The van der Waals surface area contributed by atoms with Crippen molar-refractivity contribution in [1.82, 2.24) is 9.88 Å². The Labute approximate surface area is 127 Å². The summed E-state index contributed by atoms with van der Waals surface area (Å²) in [5.74, 6) is 0.110. The fraction of sp³-hybridized carbons (Fsp3) is 0.375. The summed E-state index contributed by atoms with van der Waals surface area (Å²) < 4.78 is 0. The van der Waals surface area contributed by atoms with Crippen molar-refractivity contribution in [3.8, 4) is 0 Å². The molecule has 1 fully saturated rings. The number of carbonyl (C=O) groups excluding carboxylic acids is 1. The molecule has 0 N–H and O–H groups in total. The third-order valence-corrected chi connectivity index (χ3v) is 4.68. The van der Waals surface area contributed by atoms with E-state index >= 15 is 0 Å². The maximum atomic E-state index is 12.8. The van der Waals surface area contributed by atoms with Gasteiger partial charge in [-0.1, -0.05) is 34.1 Å². The number of hydrogen-bond acceptors (Lipinski definition) is 2. The lowest BCUT2D eigenvalue weighted by atomic mass is 10.0. The number of nitrogens with zero attached hydrogens (tertiary/aromatic N) is 2. The largest absolute Gasteiger partial charge is 0.335 e. The van der Waals surface area contributed by atoms with E-state index in [4.69, 9.17) is 0 Å². The summed E-state index contributed by atoms with van der Waals surface area (Å²) in [6.07, 6.45) is 5.12. The Morgan fingerprint density at radius 3 is 3.00 bits per heavy atom. The van der Waals surface area contributed by atoms with Gasteiger partial charge in [0.25, 0.3) is 5.91 Å². The Bertz CT molecular complexity index is 623. The molecular formula is C16H17BrN2O. The highest BCUT2D eigenvalue weighted by Gasteiger charge is 2.27. The summed E-state index contributed by atoms with van der Waals surface area (Å²) in [4.78, 5) is 19.2. The van der Waals surface area contributed by atoms with Crippen molar-refractivity contribution in [3.05, 3.63) is 42.1 Å². The summed E-state index contributed by atoms with van der Waals surface area (Å²) >= 11 is 3.53. The number of benzene rings is 1. The zero-order valence-corrected chi connectivity index (χ0v) is 12.8. The van der Waals surface area contributed by atoms with E-state index in [2.05, 4.69) is 20.9 Å². The minimum Gasteiger partial charge on any atom is -0.335 e. The average molecular weight is 333 g/mol. The van der Waals surface area contributed by atoms with E-state index in [1.54, 1.807) is 6.20 Å². The second-order valence-corrected chi connectivity index (χ2v) is 5.83. The van der Waals surface area contributed by atoms with Gasteiger partial charge in [-0.25, -0.2) is 0 Å². The van der Waals surface area contributed by atoms with Crippen LogP contribution in [0.3, 0.4) is 0 Å². The number of piperidine rings is 1. The monoisotopic (exact) mass is 332 g/mol. The van der Waals surface area contributed by atoms with Gasteiger partial charge in [-0.3, -0.25) is 9.78 Å². The molecule has 4 heteroatoms. The van der Waals surface area contributed by atoms with Gasteiger partial charge in [-0.15, -0.1) is 0 Å². The molecule has 104 valence electrons. The summed E-state index contributed by atoms with van der Waals surface area (Å²) in [5, 5.41) is 1.86. The topological polar surface area (TPSA) is 33.2 Å². The maximum absolute atomic E-state index is 12.8. The highest BCUT2D eigenvalue weighted by Crippen LogP contribution is 2.24. The summed E-state index contributed by atoms with van der Waals surface area (Å²) in [7, 11) is 0. The van der Waals surface area contributed by atoms with Crippen molar-refractivity contribution < 1.29 is 4.79 Å². The minimum atomic E-state index is 0.110. The number of carbonyl (C=O) groups is 1. The number of halogens is 1. The molecule has 2 heterocycles. The van der Waals surface area contributed by atoms with E-state index in [0.29, 0.717) is 6.04 Å². The van der Waals surface area contributed by atoms with E-state index in [1.165, 1.54) is 6.42 Å². The number of aromatic nitrogens is 1. The van der Waals surface area contributed by atoms with Crippen molar-refractivity contribution in [2.24, 2.45) is 0 Å². The fourth-order valence-electron chi connectivity index (χ4n) is 2.86. The lowest BCUT2D eigenvalue weighted by Crippen LogP contribution is -2.44. The molecule has 0 bridgehead atoms. The molecule has 1 saturated heterocycles. The van der Waals surface area contributed by atoms with Gasteiger partial charge >= 0.3 is 0 Å². The van der Waals surface area contributed by atoms with Gasteiger partial charge in [0.05, 0.1) is 11.1 Å². The maximum Gasteiger partial charge on any atom is 0.256 e. The number of likely N-dealkylation sites (tertiary alicyclic amines) is 1. The number of fused-ring (bicyclic) bond motifs is 1. The zero-order chi connectivity index (χ0) is 13.9. The number of para-hydroxylation sites is 1. The van der Waals surface area contributed by atoms with Gasteiger partial charge in [-0.05, 0) is 31.4 Å². The molecule has 20 heavy (non-hydrogen) atoms. The molecule has 3 rings (SSSR count). The van der Waals surface area contributed by atoms with Crippen molar-refractivity contribution >= 4 is 32.7 Å². The van der Waals surface area contributed by atoms with Gasteiger partial charge < -0.3 is 4.90 Å². The van der Waals surface area contributed by atoms with Crippen LogP contribution in [0.5, 0.6) is 0 Å². The highest BCUT2D eigenvalue weighted by molar-refractivity contribution is 9.09. The molecule has 1 aromatic heterocycles. The van der Waals surface area contributed by atoms with Crippen LogP contribution in [-0.2, 0) is 0 Å². The molecule has 3 nitrogen and oxygen atoms in total. The molecule has 1 aliphatic rings. The molecule has 1 unspecified atom stereocenters. The first-order valence-electron chi connectivity index (χ1n) is 7.02. The molecule has 0 saturated carbocycles. The minimum absolute atomic E-state index is 0.110. The number of pyridine rings is 1. The van der Waals surface area contributed by atoms with E-state index < -0.39 is 0 Å². The molecule has 0 aliphatic carbocycles. The SMILES string of the molecule is O=C(c1cccc2cccnc12)N1CCCCC1CBr. The van der Waals surface area contributed by atoms with Crippen LogP contribution in [0.1, 0.15) is 29.6 Å². The highest BCUT2D eigenvalue weighted by atomic mass is 79.9. The second-order valence-electron chi connectivity index (χ2n) is 5.18. The van der Waals surface area contributed by atoms with Crippen LogP contribution in [-0.4, -0.2) is 33.7 Å². The first kappa shape index (κ1) is 13.6. The smallest absolute Gasteiger partial charge is 0.256 e. The molecule has 0 spiro atoms. The first-order valence-corrected chi connectivity index (χ1v) is 8.14. The fourth-order valence-corrected chi connectivity index (χ4v) is 3.53. The Morgan fingerprint density at radius 2 is 2.15 bits per heavy atom. The van der Waals surface area contributed by atoms with Crippen molar-refractivity contribution in [3.63, 3.8) is 0 Å². The Hall–Kier alpha value is -1.42. The number of amides is 1. The quantitative estimate of drug-likeness (QED) is 0.787. The van der Waals surface area contributed by atoms with E-state index in [9.17, 15) is 4.79 Å². The summed E-state index contributed by atoms with van der Waals surface area (Å²) in [6, 6.07) is 10.0. The van der Waals surface area contributed by atoms with E-state index in [0.717, 1.165) is 41.2 Å². The van der Waals surface area contributed by atoms with Gasteiger partial charge in [0, 0.05) is 29.5 Å². The van der Waals surface area contributed by atoms with Gasteiger partial charge in [0.2, 0.25) is 0 Å². The van der Waals surface area contributed by atoms with Crippen LogP contribution < -0.4 is 0 Å². The lowest BCUT2D eigenvalue weighted by molar-refractivity contribution is 0.0644. The van der Waals surface area contributed by atoms with Crippen LogP contribution in [0.15, 0.2) is 36.5 Å². The van der Waals surface area contributed by atoms with E-state index in [-0.39, 0.29) is 5.91 Å². The first-order chi connectivity index (χ1) is 9.81. The molecule has 1 aliphatic heterocycles. The summed E-state index contributed by atoms with van der Waals surface area (Å²) in [5.41, 5.74) is 1.52. The predicted octanol–water partition coefficient (Wildman–Crippen LogP) is 3.62. The van der Waals surface area contributed by atoms with Gasteiger partial charge in [0.1, 0.15) is 0 Å². The number of rotatable bonds is 2. The normalized spacial score (nSPS) is 19.2. The third kappa shape index (κ3) is 2.44. The van der Waals surface area contributed by atoms with E-state index in [1.807, 2.05) is 35.2 Å². The summed E-state index contributed by atoms with van der Waals surface area (Å²) in [6.45, 7) is 0.846. The van der Waals surface area contributed by atoms with Crippen LogP contribution in [0.2, 0.25) is 0 Å².